The first-order chi connectivity index (χ1) is 12.5. The Morgan fingerprint density at radius 1 is 1.23 bits per heavy atom. The van der Waals surface area contributed by atoms with Gasteiger partial charge in [0.2, 0.25) is 0 Å². The van der Waals surface area contributed by atoms with Gasteiger partial charge in [0.1, 0.15) is 11.6 Å². The number of nitrogens with two attached hydrogens (primary N) is 1. The van der Waals surface area contributed by atoms with Crippen LogP contribution in [0.1, 0.15) is 12.0 Å². The van der Waals surface area contributed by atoms with Gasteiger partial charge < -0.3 is 10.6 Å². The maximum atomic E-state index is 14.5. The monoisotopic (exact) mass is 348 g/mol. The van der Waals surface area contributed by atoms with Crippen molar-refractivity contribution in [2.24, 2.45) is 4.99 Å². The van der Waals surface area contributed by atoms with E-state index >= 15 is 0 Å². The van der Waals surface area contributed by atoms with Gasteiger partial charge in [-0.15, -0.1) is 0 Å². The minimum atomic E-state index is -0.230. The van der Waals surface area contributed by atoms with Gasteiger partial charge in [0.15, 0.2) is 0 Å². The van der Waals surface area contributed by atoms with E-state index in [1.165, 1.54) is 6.07 Å². The highest BCUT2D eigenvalue weighted by atomic mass is 19.1. The third kappa shape index (κ3) is 3.06. The van der Waals surface area contributed by atoms with Crippen molar-refractivity contribution in [3.05, 3.63) is 54.0 Å². The van der Waals surface area contributed by atoms with Gasteiger partial charge in [0.05, 0.1) is 5.69 Å². The third-order valence-electron chi connectivity index (χ3n) is 4.86. The molecular weight excluding hydrogens is 327 g/mol. The van der Waals surface area contributed by atoms with Gasteiger partial charge in [-0.05, 0) is 55.8 Å². The fourth-order valence-electron chi connectivity index (χ4n) is 3.54. The number of hydrogen-bond acceptors (Lipinski definition) is 4. The van der Waals surface area contributed by atoms with Gasteiger partial charge >= 0.3 is 0 Å². The average molecular weight is 348 g/mol. The molecule has 3 aromatic rings. The quantitative estimate of drug-likeness (QED) is 0.749. The third-order valence-corrected chi connectivity index (χ3v) is 4.86. The standard InChI is InChI=1S/C21H21FN4/c1-13-4-3-5-18(22)21(13)14-8-15-11-24-20(23)10-17(15)19(9-14)25-16-6-7-26(2)12-16/h3-5,8-11H,6-7,12H2,1-2H3,(H2,23,24). The maximum absolute atomic E-state index is 14.5. The highest BCUT2D eigenvalue weighted by Gasteiger charge is 2.16. The van der Waals surface area contributed by atoms with Gasteiger partial charge in [0.25, 0.3) is 0 Å². The van der Waals surface area contributed by atoms with E-state index in [4.69, 9.17) is 10.7 Å². The number of likely N-dealkylation sites (tertiary alicyclic amines) is 1. The molecule has 1 aromatic heterocycles. The second-order valence-electron chi connectivity index (χ2n) is 6.92. The Balaban J connectivity index is 1.95. The predicted octanol–water partition coefficient (Wildman–Crippen LogP) is 4.34. The number of nitrogens with zero attached hydrogens (tertiary/aromatic N) is 3. The topological polar surface area (TPSA) is 54.5 Å². The molecule has 1 aliphatic rings. The zero-order valence-corrected chi connectivity index (χ0v) is 15.0. The largest absolute Gasteiger partial charge is 0.384 e. The molecule has 0 spiro atoms. The molecule has 2 N–H and O–H groups in total. The lowest BCUT2D eigenvalue weighted by Crippen LogP contribution is -2.13. The van der Waals surface area contributed by atoms with Crippen molar-refractivity contribution in [3.63, 3.8) is 0 Å². The summed E-state index contributed by atoms with van der Waals surface area (Å²) in [6, 6.07) is 10.9. The summed E-state index contributed by atoms with van der Waals surface area (Å²) in [5, 5.41) is 1.85. The molecule has 2 aromatic carbocycles. The van der Waals surface area contributed by atoms with Crippen molar-refractivity contribution < 1.29 is 4.39 Å². The molecule has 0 unspecified atom stereocenters. The molecule has 132 valence electrons. The molecule has 0 aliphatic carbocycles. The number of halogens is 1. The lowest BCUT2D eigenvalue weighted by atomic mass is 9.96. The zero-order valence-electron chi connectivity index (χ0n) is 15.0. The van der Waals surface area contributed by atoms with Crippen molar-refractivity contribution in [3.8, 4) is 11.1 Å². The van der Waals surface area contributed by atoms with E-state index in [0.717, 1.165) is 52.8 Å². The lowest BCUT2D eigenvalue weighted by Gasteiger charge is -2.12. The van der Waals surface area contributed by atoms with Gasteiger partial charge in [0, 0.05) is 41.3 Å². The number of fused-ring (bicyclic) bond motifs is 1. The van der Waals surface area contributed by atoms with Gasteiger partial charge in [-0.2, -0.15) is 0 Å². The van der Waals surface area contributed by atoms with Crippen LogP contribution in [0.15, 0.2) is 47.6 Å². The number of hydrogen-bond donors (Lipinski definition) is 1. The van der Waals surface area contributed by atoms with Crippen molar-refractivity contribution in [2.45, 2.75) is 13.3 Å². The number of nitrogen functional groups attached to an aromatic ring is 1. The second kappa shape index (κ2) is 6.50. The molecule has 5 heteroatoms. The lowest BCUT2D eigenvalue weighted by molar-refractivity contribution is 0.428. The molecule has 0 radical (unpaired) electrons. The smallest absolute Gasteiger partial charge is 0.131 e. The van der Waals surface area contributed by atoms with Crippen LogP contribution < -0.4 is 5.73 Å². The molecule has 26 heavy (non-hydrogen) atoms. The summed E-state index contributed by atoms with van der Waals surface area (Å²) in [7, 11) is 2.08. The summed E-state index contributed by atoms with van der Waals surface area (Å²) in [6.45, 7) is 3.78. The highest BCUT2D eigenvalue weighted by Crippen LogP contribution is 2.36. The fourth-order valence-corrected chi connectivity index (χ4v) is 3.54. The number of benzene rings is 2. The number of anilines is 1. The number of aryl methyl sites for hydroxylation is 1. The summed E-state index contributed by atoms with van der Waals surface area (Å²) in [6.07, 6.45) is 2.68. The van der Waals surface area contributed by atoms with Crippen LogP contribution in [-0.4, -0.2) is 35.7 Å². The summed E-state index contributed by atoms with van der Waals surface area (Å²) >= 11 is 0. The van der Waals surface area contributed by atoms with Crippen LogP contribution in [0.2, 0.25) is 0 Å². The second-order valence-corrected chi connectivity index (χ2v) is 6.92. The van der Waals surface area contributed by atoms with Crippen molar-refractivity contribution in [1.82, 2.24) is 9.88 Å². The van der Waals surface area contributed by atoms with E-state index in [-0.39, 0.29) is 5.82 Å². The Morgan fingerprint density at radius 2 is 2.08 bits per heavy atom. The van der Waals surface area contributed by atoms with Crippen molar-refractivity contribution in [1.29, 1.82) is 0 Å². The molecule has 0 saturated carbocycles. The predicted molar refractivity (Wildman–Crippen MR) is 105 cm³/mol. The Bertz CT molecular complexity index is 1010. The Hall–Kier alpha value is -2.79. The van der Waals surface area contributed by atoms with E-state index in [1.54, 1.807) is 12.3 Å². The van der Waals surface area contributed by atoms with E-state index in [2.05, 4.69) is 16.9 Å². The molecule has 1 fully saturated rings. The average Bonchev–Trinajstić information content (AvgIpc) is 3.00. The minimum Gasteiger partial charge on any atom is -0.384 e. The molecule has 1 aliphatic heterocycles. The van der Waals surface area contributed by atoms with Crippen molar-refractivity contribution in [2.75, 3.05) is 25.9 Å². The molecule has 0 bridgehead atoms. The van der Waals surface area contributed by atoms with E-state index in [1.807, 2.05) is 31.2 Å². The molecular formula is C21H21FN4. The number of rotatable bonds is 2. The number of pyridine rings is 1. The van der Waals surface area contributed by atoms with Crippen molar-refractivity contribution >= 4 is 28.0 Å². The van der Waals surface area contributed by atoms with Crippen LogP contribution in [0, 0.1) is 12.7 Å². The zero-order chi connectivity index (χ0) is 18.3. The number of aromatic nitrogens is 1. The molecule has 2 heterocycles. The summed E-state index contributed by atoms with van der Waals surface area (Å²) in [4.78, 5) is 11.3. The number of aliphatic imine (C=N–C) groups is 1. The molecule has 1 saturated heterocycles. The summed E-state index contributed by atoms with van der Waals surface area (Å²) < 4.78 is 14.5. The Kier molecular flexibility index (Phi) is 4.17. The fraction of sp³-hybridized carbons (Fsp3) is 0.238. The summed E-state index contributed by atoms with van der Waals surface area (Å²) in [5.41, 5.74) is 10.2. The SMILES string of the molecule is Cc1cccc(F)c1-c1cc(N=C2CCN(C)C2)c2cc(N)ncc2c1. The molecule has 4 rings (SSSR count). The minimum absolute atomic E-state index is 0.230. The van der Waals surface area contributed by atoms with E-state index in [0.29, 0.717) is 11.4 Å². The summed E-state index contributed by atoms with van der Waals surface area (Å²) in [5.74, 6) is 0.226. The maximum Gasteiger partial charge on any atom is 0.131 e. The Labute approximate surface area is 152 Å². The Morgan fingerprint density at radius 3 is 2.81 bits per heavy atom. The first kappa shape index (κ1) is 16.7. The van der Waals surface area contributed by atoms with Crippen LogP contribution >= 0.6 is 0 Å². The van der Waals surface area contributed by atoms with Crippen LogP contribution in [0.5, 0.6) is 0 Å². The molecule has 0 amide bonds. The highest BCUT2D eigenvalue weighted by molar-refractivity contribution is 6.01. The molecule has 4 nitrogen and oxygen atoms in total. The van der Waals surface area contributed by atoms with Crippen LogP contribution in [-0.2, 0) is 0 Å². The van der Waals surface area contributed by atoms with Crippen LogP contribution in [0.3, 0.4) is 0 Å². The van der Waals surface area contributed by atoms with Crippen LogP contribution in [0.25, 0.3) is 21.9 Å². The first-order valence-corrected chi connectivity index (χ1v) is 8.71. The van der Waals surface area contributed by atoms with Gasteiger partial charge in [-0.25, -0.2) is 9.37 Å². The normalized spacial score (nSPS) is 16.7. The van der Waals surface area contributed by atoms with E-state index < -0.39 is 0 Å². The van der Waals surface area contributed by atoms with E-state index in [9.17, 15) is 4.39 Å². The first-order valence-electron chi connectivity index (χ1n) is 8.71. The van der Waals surface area contributed by atoms with Gasteiger partial charge in [-0.3, -0.25) is 4.99 Å². The van der Waals surface area contributed by atoms with Gasteiger partial charge in [-0.1, -0.05) is 12.1 Å². The van der Waals surface area contributed by atoms with Crippen LogP contribution in [0.4, 0.5) is 15.9 Å². The molecule has 0 atom stereocenters.